The Balaban J connectivity index is 2.31. The molecule has 0 aliphatic carbocycles. The van der Waals surface area contributed by atoms with Gasteiger partial charge in [0, 0.05) is 26.1 Å². The van der Waals surface area contributed by atoms with Crippen molar-refractivity contribution < 1.29 is 4.79 Å². The smallest absolute Gasteiger partial charge is 0.222 e. The first-order valence-corrected chi connectivity index (χ1v) is 5.56. The van der Waals surface area contributed by atoms with Crippen LogP contribution in [-0.2, 0) is 4.79 Å². The quantitative estimate of drug-likeness (QED) is 0.677. The van der Waals surface area contributed by atoms with Gasteiger partial charge in [0.1, 0.15) is 0 Å². The van der Waals surface area contributed by atoms with Crippen LogP contribution < -0.4 is 0 Å². The van der Waals surface area contributed by atoms with Crippen LogP contribution in [0.3, 0.4) is 0 Å². The third kappa shape index (κ3) is 3.29. The van der Waals surface area contributed by atoms with Crippen LogP contribution in [-0.4, -0.2) is 49.4 Å². The molecule has 0 unspecified atom stereocenters. The zero-order valence-electron chi connectivity index (χ0n) is 9.62. The molecule has 1 saturated heterocycles. The molecule has 1 fully saturated rings. The highest BCUT2D eigenvalue weighted by molar-refractivity contribution is 5.77. The van der Waals surface area contributed by atoms with Crippen LogP contribution in [0.25, 0.3) is 0 Å². The van der Waals surface area contributed by atoms with Crippen LogP contribution in [0.1, 0.15) is 26.2 Å². The van der Waals surface area contributed by atoms with Gasteiger partial charge in [-0.1, -0.05) is 13.3 Å². The minimum atomic E-state index is 0.352. The summed E-state index contributed by atoms with van der Waals surface area (Å²) >= 11 is 0. The third-order valence-electron chi connectivity index (χ3n) is 3.02. The van der Waals surface area contributed by atoms with Gasteiger partial charge < -0.3 is 9.80 Å². The summed E-state index contributed by atoms with van der Waals surface area (Å²) in [6.45, 7) is 5.00. The van der Waals surface area contributed by atoms with Gasteiger partial charge >= 0.3 is 0 Å². The molecule has 3 heteroatoms. The summed E-state index contributed by atoms with van der Waals surface area (Å²) < 4.78 is 0. The van der Waals surface area contributed by atoms with Crippen LogP contribution in [0, 0.1) is 5.92 Å². The average molecular weight is 198 g/mol. The second-order valence-corrected chi connectivity index (χ2v) is 4.45. The maximum Gasteiger partial charge on any atom is 0.222 e. The highest BCUT2D eigenvalue weighted by Gasteiger charge is 2.23. The van der Waals surface area contributed by atoms with E-state index in [-0.39, 0.29) is 0 Å². The number of nitrogens with zero attached hydrogens (tertiary/aromatic N) is 2. The molecule has 0 aromatic rings. The van der Waals surface area contributed by atoms with Gasteiger partial charge in [0.15, 0.2) is 0 Å². The van der Waals surface area contributed by atoms with Crippen molar-refractivity contribution in [2.75, 3.05) is 33.7 Å². The zero-order valence-corrected chi connectivity index (χ0v) is 9.62. The van der Waals surface area contributed by atoms with E-state index in [0.29, 0.717) is 11.8 Å². The fourth-order valence-corrected chi connectivity index (χ4v) is 1.85. The van der Waals surface area contributed by atoms with Gasteiger partial charge in [-0.2, -0.15) is 0 Å². The predicted molar refractivity (Wildman–Crippen MR) is 58.1 cm³/mol. The largest absolute Gasteiger partial charge is 0.341 e. The van der Waals surface area contributed by atoms with Crippen molar-refractivity contribution in [3.63, 3.8) is 0 Å². The van der Waals surface area contributed by atoms with Crippen molar-refractivity contribution in [1.29, 1.82) is 0 Å². The van der Waals surface area contributed by atoms with Crippen molar-refractivity contribution in [2.24, 2.45) is 5.92 Å². The predicted octanol–water partition coefficient (Wildman–Crippen LogP) is 1.20. The van der Waals surface area contributed by atoms with E-state index in [1.54, 1.807) is 0 Å². The van der Waals surface area contributed by atoms with E-state index in [9.17, 15) is 4.79 Å². The van der Waals surface area contributed by atoms with E-state index in [1.807, 2.05) is 19.0 Å². The van der Waals surface area contributed by atoms with Gasteiger partial charge in [-0.05, 0) is 26.4 Å². The van der Waals surface area contributed by atoms with Gasteiger partial charge in [-0.25, -0.2) is 0 Å². The van der Waals surface area contributed by atoms with Crippen LogP contribution >= 0.6 is 0 Å². The van der Waals surface area contributed by atoms with Gasteiger partial charge in [0.2, 0.25) is 5.91 Å². The molecule has 0 radical (unpaired) electrons. The van der Waals surface area contributed by atoms with E-state index in [0.717, 1.165) is 32.5 Å². The highest BCUT2D eigenvalue weighted by atomic mass is 16.2. The van der Waals surface area contributed by atoms with Gasteiger partial charge in [-0.3, -0.25) is 4.79 Å². The Hall–Kier alpha value is -0.570. The molecule has 1 amide bonds. The molecule has 0 N–H and O–H groups in total. The SMILES string of the molecule is CC[C@@H]1CCN(CCN(C)C)C(=O)C1. The summed E-state index contributed by atoms with van der Waals surface area (Å²) in [6.07, 6.45) is 3.10. The molecule has 0 aromatic heterocycles. The van der Waals surface area contributed by atoms with Crippen molar-refractivity contribution in [3.05, 3.63) is 0 Å². The first kappa shape index (κ1) is 11.5. The number of carbonyl (C=O) groups is 1. The van der Waals surface area contributed by atoms with Gasteiger partial charge in [0.25, 0.3) is 0 Å². The molecule has 1 atom stereocenters. The molecule has 1 rings (SSSR count). The minimum absolute atomic E-state index is 0.352. The molecule has 1 aliphatic heterocycles. The lowest BCUT2D eigenvalue weighted by molar-refractivity contribution is -0.135. The van der Waals surface area contributed by atoms with Crippen molar-refractivity contribution in [3.8, 4) is 0 Å². The van der Waals surface area contributed by atoms with Crippen molar-refractivity contribution in [1.82, 2.24) is 9.80 Å². The molecular formula is C11H22N2O. The van der Waals surface area contributed by atoms with E-state index < -0.39 is 0 Å². The van der Waals surface area contributed by atoms with E-state index >= 15 is 0 Å². The number of hydrogen-bond donors (Lipinski definition) is 0. The van der Waals surface area contributed by atoms with Crippen molar-refractivity contribution in [2.45, 2.75) is 26.2 Å². The molecule has 1 aliphatic rings. The molecule has 0 bridgehead atoms. The van der Waals surface area contributed by atoms with Crippen LogP contribution in [0.4, 0.5) is 0 Å². The maximum absolute atomic E-state index is 11.7. The summed E-state index contributed by atoms with van der Waals surface area (Å²) in [5, 5.41) is 0. The Morgan fingerprint density at radius 3 is 2.71 bits per heavy atom. The third-order valence-corrected chi connectivity index (χ3v) is 3.02. The number of hydrogen-bond acceptors (Lipinski definition) is 2. The second kappa shape index (κ2) is 5.35. The van der Waals surface area contributed by atoms with Crippen LogP contribution in [0.2, 0.25) is 0 Å². The summed E-state index contributed by atoms with van der Waals surface area (Å²) in [6, 6.07) is 0. The summed E-state index contributed by atoms with van der Waals surface area (Å²) in [5.74, 6) is 0.989. The van der Waals surface area contributed by atoms with Crippen LogP contribution in [0.5, 0.6) is 0 Å². The molecular weight excluding hydrogens is 176 g/mol. The molecule has 82 valence electrons. The second-order valence-electron chi connectivity index (χ2n) is 4.45. The molecule has 3 nitrogen and oxygen atoms in total. The summed E-state index contributed by atoms with van der Waals surface area (Å²) in [7, 11) is 4.09. The fraction of sp³-hybridized carbons (Fsp3) is 0.909. The Morgan fingerprint density at radius 1 is 1.50 bits per heavy atom. The number of piperidine rings is 1. The number of carbonyl (C=O) groups excluding carboxylic acids is 1. The average Bonchev–Trinajstić information content (AvgIpc) is 2.15. The Morgan fingerprint density at radius 2 is 2.21 bits per heavy atom. The fourth-order valence-electron chi connectivity index (χ4n) is 1.85. The standard InChI is InChI=1S/C11H22N2O/c1-4-10-5-6-13(11(14)9-10)8-7-12(2)3/h10H,4-9H2,1-3H3/t10-/m1/s1. The zero-order chi connectivity index (χ0) is 10.6. The van der Waals surface area contributed by atoms with E-state index in [4.69, 9.17) is 0 Å². The highest BCUT2D eigenvalue weighted by Crippen LogP contribution is 2.20. The van der Waals surface area contributed by atoms with E-state index in [2.05, 4.69) is 11.8 Å². The monoisotopic (exact) mass is 198 g/mol. The number of amides is 1. The minimum Gasteiger partial charge on any atom is -0.341 e. The lowest BCUT2D eigenvalue weighted by atomic mass is 9.94. The molecule has 0 spiro atoms. The van der Waals surface area contributed by atoms with Crippen LogP contribution in [0.15, 0.2) is 0 Å². The Bertz CT molecular complexity index is 192. The Labute approximate surface area is 87.1 Å². The van der Waals surface area contributed by atoms with E-state index in [1.165, 1.54) is 6.42 Å². The first-order chi connectivity index (χ1) is 6.63. The molecule has 14 heavy (non-hydrogen) atoms. The maximum atomic E-state index is 11.7. The van der Waals surface area contributed by atoms with Gasteiger partial charge in [-0.15, -0.1) is 0 Å². The number of rotatable bonds is 4. The number of likely N-dealkylation sites (N-methyl/N-ethyl adjacent to an activating group) is 1. The summed E-state index contributed by atoms with van der Waals surface area (Å²) in [4.78, 5) is 15.8. The van der Waals surface area contributed by atoms with Crippen molar-refractivity contribution >= 4 is 5.91 Å². The molecule has 0 aromatic carbocycles. The Kier molecular flexibility index (Phi) is 4.39. The lowest BCUT2D eigenvalue weighted by Crippen LogP contribution is -2.42. The van der Waals surface area contributed by atoms with Gasteiger partial charge in [0.05, 0.1) is 0 Å². The first-order valence-electron chi connectivity index (χ1n) is 5.56. The summed E-state index contributed by atoms with van der Waals surface area (Å²) in [5.41, 5.74) is 0. The normalized spacial score (nSPS) is 23.3. The lowest BCUT2D eigenvalue weighted by Gasteiger charge is -2.32. The topological polar surface area (TPSA) is 23.6 Å². The molecule has 0 saturated carbocycles. The molecule has 1 heterocycles. The number of likely N-dealkylation sites (tertiary alicyclic amines) is 1.